The lowest BCUT2D eigenvalue weighted by Crippen LogP contribution is -2.21. The largest absolute Gasteiger partial charge is 0.293 e. The van der Waals surface area contributed by atoms with Crippen LogP contribution in [-0.2, 0) is 26.4 Å². The first-order valence-electron chi connectivity index (χ1n) is 8.12. The van der Waals surface area contributed by atoms with Crippen LogP contribution in [0.4, 0.5) is 0 Å². The molecule has 1 aliphatic carbocycles. The van der Waals surface area contributed by atoms with Crippen LogP contribution in [0.5, 0.6) is 0 Å². The Morgan fingerprint density at radius 1 is 1.26 bits per heavy atom. The van der Waals surface area contributed by atoms with Gasteiger partial charge in [-0.2, -0.15) is 5.10 Å². The molecule has 0 fully saturated rings. The van der Waals surface area contributed by atoms with Crippen molar-refractivity contribution in [3.05, 3.63) is 44.6 Å². The highest BCUT2D eigenvalue weighted by molar-refractivity contribution is 7.18. The summed E-state index contributed by atoms with van der Waals surface area (Å²) in [6.45, 7) is 2.49. The second-order valence-electron chi connectivity index (χ2n) is 6.32. The maximum Gasteiger partial charge on any atom is 0.262 e. The van der Waals surface area contributed by atoms with Gasteiger partial charge < -0.3 is 0 Å². The van der Waals surface area contributed by atoms with Crippen molar-refractivity contribution >= 4 is 21.6 Å². The lowest BCUT2D eigenvalue weighted by Gasteiger charge is -2.04. The standard InChI is InChI=1S/C17H20N4OS/c1-11-8-12(19-20(11)2)9-21-10-18-16-15(17(21)22)13-6-4-3-5-7-14(13)23-16/h8,10H,3-7,9H2,1-2H3. The quantitative estimate of drug-likeness (QED) is 0.680. The Hall–Kier alpha value is -1.95. The van der Waals surface area contributed by atoms with E-state index in [0.29, 0.717) is 6.54 Å². The first kappa shape index (κ1) is 14.6. The molecule has 120 valence electrons. The van der Waals surface area contributed by atoms with Crippen molar-refractivity contribution in [2.45, 2.75) is 45.6 Å². The summed E-state index contributed by atoms with van der Waals surface area (Å²) < 4.78 is 3.53. The molecule has 3 heterocycles. The van der Waals surface area contributed by atoms with Crippen LogP contribution in [0.15, 0.2) is 17.2 Å². The summed E-state index contributed by atoms with van der Waals surface area (Å²) in [5.74, 6) is 0. The molecule has 0 radical (unpaired) electrons. The molecule has 0 spiro atoms. The SMILES string of the molecule is Cc1cc(Cn2cnc3sc4c(c3c2=O)CCCCC4)nn1C. The first-order valence-corrected chi connectivity index (χ1v) is 8.94. The highest BCUT2D eigenvalue weighted by Gasteiger charge is 2.19. The fourth-order valence-corrected chi connectivity index (χ4v) is 4.58. The average molecular weight is 328 g/mol. The molecule has 0 amide bonds. The van der Waals surface area contributed by atoms with Crippen molar-refractivity contribution < 1.29 is 0 Å². The number of aryl methyl sites for hydroxylation is 4. The molecule has 0 N–H and O–H groups in total. The molecule has 0 unspecified atom stereocenters. The molecule has 0 atom stereocenters. The molecule has 3 aromatic heterocycles. The maximum absolute atomic E-state index is 13.0. The van der Waals surface area contributed by atoms with Crippen LogP contribution in [0.3, 0.4) is 0 Å². The summed E-state index contributed by atoms with van der Waals surface area (Å²) in [4.78, 5) is 19.8. The monoisotopic (exact) mass is 328 g/mol. The van der Waals surface area contributed by atoms with Gasteiger partial charge in [0.05, 0.1) is 24.0 Å². The Morgan fingerprint density at radius 3 is 2.87 bits per heavy atom. The van der Waals surface area contributed by atoms with Gasteiger partial charge in [0.25, 0.3) is 5.56 Å². The normalized spacial score (nSPS) is 14.9. The predicted octanol–water partition coefficient (Wildman–Crippen LogP) is 2.82. The number of hydrogen-bond acceptors (Lipinski definition) is 4. The maximum atomic E-state index is 13.0. The van der Waals surface area contributed by atoms with Gasteiger partial charge in [0.15, 0.2) is 0 Å². The van der Waals surface area contributed by atoms with Gasteiger partial charge in [-0.3, -0.25) is 14.0 Å². The molecular formula is C17H20N4OS. The summed E-state index contributed by atoms with van der Waals surface area (Å²) in [6.07, 6.45) is 7.43. The second kappa shape index (κ2) is 5.60. The van der Waals surface area contributed by atoms with E-state index in [-0.39, 0.29) is 5.56 Å². The van der Waals surface area contributed by atoms with Gasteiger partial charge in [-0.05, 0) is 44.2 Å². The second-order valence-corrected chi connectivity index (χ2v) is 7.41. The van der Waals surface area contributed by atoms with Crippen LogP contribution < -0.4 is 5.56 Å². The van der Waals surface area contributed by atoms with E-state index < -0.39 is 0 Å². The molecule has 5 nitrogen and oxygen atoms in total. The van der Waals surface area contributed by atoms with Gasteiger partial charge in [0.2, 0.25) is 0 Å². The third-order valence-corrected chi connectivity index (χ3v) is 5.89. The minimum absolute atomic E-state index is 0.0812. The molecule has 3 aromatic rings. The fourth-order valence-electron chi connectivity index (χ4n) is 3.36. The zero-order valence-electron chi connectivity index (χ0n) is 13.5. The van der Waals surface area contributed by atoms with Crippen molar-refractivity contribution in [1.82, 2.24) is 19.3 Å². The molecule has 0 aliphatic heterocycles. The van der Waals surface area contributed by atoms with E-state index in [0.717, 1.165) is 34.4 Å². The number of nitrogens with zero attached hydrogens (tertiary/aromatic N) is 4. The minimum atomic E-state index is 0.0812. The van der Waals surface area contributed by atoms with Gasteiger partial charge in [-0.1, -0.05) is 6.42 Å². The predicted molar refractivity (Wildman–Crippen MR) is 92.2 cm³/mol. The third kappa shape index (κ3) is 2.51. The average Bonchev–Trinajstić information content (AvgIpc) is 2.93. The smallest absolute Gasteiger partial charge is 0.262 e. The van der Waals surface area contributed by atoms with Crippen molar-refractivity contribution in [1.29, 1.82) is 0 Å². The number of aromatic nitrogens is 4. The highest BCUT2D eigenvalue weighted by Crippen LogP contribution is 2.32. The first-order chi connectivity index (χ1) is 11.1. The molecule has 0 saturated heterocycles. The molecule has 0 saturated carbocycles. The topological polar surface area (TPSA) is 52.7 Å². The minimum Gasteiger partial charge on any atom is -0.293 e. The van der Waals surface area contributed by atoms with Gasteiger partial charge in [-0.25, -0.2) is 4.98 Å². The lowest BCUT2D eigenvalue weighted by molar-refractivity contribution is 0.679. The Kier molecular flexibility index (Phi) is 3.56. The molecule has 4 rings (SSSR count). The summed E-state index contributed by atoms with van der Waals surface area (Å²) in [5.41, 5.74) is 3.32. The Morgan fingerprint density at radius 2 is 2.09 bits per heavy atom. The molecule has 1 aliphatic rings. The zero-order chi connectivity index (χ0) is 16.0. The van der Waals surface area contributed by atoms with Gasteiger partial charge >= 0.3 is 0 Å². The number of rotatable bonds is 2. The van der Waals surface area contributed by atoms with E-state index in [9.17, 15) is 4.79 Å². The lowest BCUT2D eigenvalue weighted by atomic mass is 10.1. The summed E-state index contributed by atoms with van der Waals surface area (Å²) in [7, 11) is 1.92. The number of hydrogen-bond donors (Lipinski definition) is 0. The Bertz CT molecular complexity index is 915. The highest BCUT2D eigenvalue weighted by atomic mass is 32.1. The molecule has 6 heteroatoms. The van der Waals surface area contributed by atoms with Crippen LogP contribution >= 0.6 is 11.3 Å². The van der Waals surface area contributed by atoms with E-state index in [4.69, 9.17) is 0 Å². The van der Waals surface area contributed by atoms with Crippen molar-refractivity contribution in [3.63, 3.8) is 0 Å². The van der Waals surface area contributed by atoms with Crippen LogP contribution in [-0.4, -0.2) is 19.3 Å². The summed E-state index contributed by atoms with van der Waals surface area (Å²) in [5, 5.41) is 5.30. The van der Waals surface area contributed by atoms with E-state index >= 15 is 0 Å². The Balaban J connectivity index is 1.81. The van der Waals surface area contributed by atoms with Crippen LogP contribution in [0, 0.1) is 6.92 Å². The molecule has 23 heavy (non-hydrogen) atoms. The van der Waals surface area contributed by atoms with Crippen molar-refractivity contribution in [3.8, 4) is 0 Å². The third-order valence-electron chi connectivity index (χ3n) is 4.69. The molecule has 0 aromatic carbocycles. The van der Waals surface area contributed by atoms with Crippen molar-refractivity contribution in [2.75, 3.05) is 0 Å². The van der Waals surface area contributed by atoms with Crippen LogP contribution in [0.1, 0.15) is 41.1 Å². The van der Waals surface area contributed by atoms with Crippen molar-refractivity contribution in [2.24, 2.45) is 7.05 Å². The Labute approximate surface area is 138 Å². The summed E-state index contributed by atoms with van der Waals surface area (Å²) in [6, 6.07) is 2.02. The summed E-state index contributed by atoms with van der Waals surface area (Å²) >= 11 is 1.70. The number of thiophene rings is 1. The van der Waals surface area contributed by atoms with E-state index in [1.165, 1.54) is 29.7 Å². The fraction of sp³-hybridized carbons (Fsp3) is 0.471. The number of fused-ring (bicyclic) bond motifs is 3. The zero-order valence-corrected chi connectivity index (χ0v) is 14.3. The molecular weight excluding hydrogens is 308 g/mol. The van der Waals surface area contributed by atoms with Gasteiger partial charge in [-0.15, -0.1) is 11.3 Å². The van der Waals surface area contributed by atoms with Gasteiger partial charge in [0.1, 0.15) is 4.83 Å². The van der Waals surface area contributed by atoms with Crippen LogP contribution in [0.25, 0.3) is 10.2 Å². The van der Waals surface area contributed by atoms with E-state index in [2.05, 4.69) is 10.1 Å². The van der Waals surface area contributed by atoms with E-state index in [1.807, 2.05) is 24.7 Å². The van der Waals surface area contributed by atoms with E-state index in [1.54, 1.807) is 22.2 Å². The van der Waals surface area contributed by atoms with Crippen LogP contribution in [0.2, 0.25) is 0 Å². The van der Waals surface area contributed by atoms with Gasteiger partial charge in [0, 0.05) is 17.6 Å². The molecule has 0 bridgehead atoms.